The number of carbonyl (C=O) groups is 1. The summed E-state index contributed by atoms with van der Waals surface area (Å²) in [4.78, 5) is 19.5. The largest absolute Gasteiger partial charge is 0.289 e. The first kappa shape index (κ1) is 19.4. The molecule has 0 bridgehead atoms. The zero-order valence-corrected chi connectivity index (χ0v) is 18.1. The fourth-order valence-electron chi connectivity index (χ4n) is 3.53. The van der Waals surface area contributed by atoms with Crippen LogP contribution >= 0.6 is 34.3 Å². The number of aromatic nitrogens is 1. The maximum Gasteiger partial charge on any atom is 0.194 e. The molecular formula is C24H10ClN3OS2. The average molecular weight is 456 g/mol. The molecule has 7 heteroatoms. The Labute approximate surface area is 190 Å². The van der Waals surface area contributed by atoms with Crippen LogP contribution in [0, 0.1) is 22.7 Å². The van der Waals surface area contributed by atoms with Crippen LogP contribution in [0.5, 0.6) is 0 Å². The highest BCUT2D eigenvalue weighted by Gasteiger charge is 2.32. The third-order valence-corrected chi connectivity index (χ3v) is 7.32. The summed E-state index contributed by atoms with van der Waals surface area (Å²) in [6.07, 6.45) is 1.76. The molecule has 0 amide bonds. The number of hydrogen-bond acceptors (Lipinski definition) is 6. The Balaban J connectivity index is 1.60. The Morgan fingerprint density at radius 1 is 1.00 bits per heavy atom. The number of hydrogen-bond donors (Lipinski definition) is 0. The van der Waals surface area contributed by atoms with E-state index in [1.54, 1.807) is 41.7 Å². The van der Waals surface area contributed by atoms with Gasteiger partial charge >= 0.3 is 0 Å². The Kier molecular flexibility index (Phi) is 4.77. The number of thiazole rings is 1. The Morgan fingerprint density at radius 3 is 2.39 bits per heavy atom. The Morgan fingerprint density at radius 2 is 1.71 bits per heavy atom. The lowest BCUT2D eigenvalue weighted by molar-refractivity contribution is 0.104. The summed E-state index contributed by atoms with van der Waals surface area (Å²) in [7, 11) is 0. The predicted molar refractivity (Wildman–Crippen MR) is 125 cm³/mol. The molecule has 2 heterocycles. The minimum atomic E-state index is -0.180. The van der Waals surface area contributed by atoms with Crippen molar-refractivity contribution in [2.75, 3.05) is 0 Å². The van der Waals surface area contributed by atoms with Crippen molar-refractivity contribution >= 4 is 61.2 Å². The first-order valence-corrected chi connectivity index (χ1v) is 11.2. The third-order valence-electron chi connectivity index (χ3n) is 4.91. The molecule has 0 fully saturated rings. The van der Waals surface area contributed by atoms with Crippen molar-refractivity contribution in [3.8, 4) is 22.7 Å². The lowest BCUT2D eigenvalue weighted by Crippen LogP contribution is -1.95. The SMILES string of the molecule is N#CC(C#N)=C1/C(=C/c2cc3sc(-c4ccc(Cl)cc4)nc3s2)C(=O)c2ccccc21. The summed E-state index contributed by atoms with van der Waals surface area (Å²) in [5.74, 6) is -0.180. The van der Waals surface area contributed by atoms with E-state index in [9.17, 15) is 15.3 Å². The zero-order valence-electron chi connectivity index (χ0n) is 15.7. The van der Waals surface area contributed by atoms with Crippen molar-refractivity contribution in [1.82, 2.24) is 4.98 Å². The number of ketones is 1. The third kappa shape index (κ3) is 3.28. The topological polar surface area (TPSA) is 77.5 Å². The van der Waals surface area contributed by atoms with Crippen molar-refractivity contribution in [3.63, 3.8) is 0 Å². The zero-order chi connectivity index (χ0) is 21.5. The molecule has 0 spiro atoms. The molecule has 0 radical (unpaired) electrons. The molecule has 31 heavy (non-hydrogen) atoms. The molecule has 0 saturated heterocycles. The van der Waals surface area contributed by atoms with E-state index < -0.39 is 0 Å². The minimum absolute atomic E-state index is 0.0638. The number of fused-ring (bicyclic) bond motifs is 2. The molecular weight excluding hydrogens is 446 g/mol. The van der Waals surface area contributed by atoms with Crippen LogP contribution in [-0.4, -0.2) is 10.8 Å². The fourth-order valence-corrected chi connectivity index (χ4v) is 5.83. The summed E-state index contributed by atoms with van der Waals surface area (Å²) < 4.78 is 1.01. The molecule has 0 unspecified atom stereocenters. The number of Topliss-reactive ketones (excluding diaryl/α,β-unsaturated/α-hetero) is 1. The molecule has 2 aromatic carbocycles. The van der Waals surface area contributed by atoms with Crippen molar-refractivity contribution < 1.29 is 4.79 Å². The van der Waals surface area contributed by atoms with Gasteiger partial charge in [-0.2, -0.15) is 10.5 Å². The van der Waals surface area contributed by atoms with Crippen molar-refractivity contribution in [3.05, 3.63) is 86.8 Å². The number of rotatable bonds is 2. The molecule has 5 rings (SSSR count). The molecule has 0 aliphatic heterocycles. The number of allylic oxidation sites excluding steroid dienone is 3. The lowest BCUT2D eigenvalue weighted by atomic mass is 9.99. The predicted octanol–water partition coefficient (Wildman–Crippen LogP) is 6.76. The van der Waals surface area contributed by atoms with Gasteiger partial charge in [0.25, 0.3) is 0 Å². The molecule has 0 saturated carbocycles. The van der Waals surface area contributed by atoms with Gasteiger partial charge in [-0.1, -0.05) is 48.0 Å². The van der Waals surface area contributed by atoms with E-state index >= 15 is 0 Å². The van der Waals surface area contributed by atoms with Crippen LogP contribution in [-0.2, 0) is 0 Å². The van der Waals surface area contributed by atoms with Crippen molar-refractivity contribution in [2.45, 2.75) is 0 Å². The van der Waals surface area contributed by atoms with Crippen LogP contribution in [0.15, 0.2) is 65.7 Å². The van der Waals surface area contributed by atoms with E-state index in [-0.39, 0.29) is 11.4 Å². The number of nitriles is 2. The second kappa shape index (κ2) is 7.61. The van der Waals surface area contributed by atoms with E-state index in [0.717, 1.165) is 25.0 Å². The summed E-state index contributed by atoms with van der Waals surface area (Å²) in [6.45, 7) is 0. The number of thiophene rings is 1. The average Bonchev–Trinajstić information content (AvgIpc) is 3.42. The van der Waals surface area contributed by atoms with Crippen LogP contribution in [0.2, 0.25) is 5.02 Å². The van der Waals surface area contributed by atoms with Gasteiger partial charge in [-0.15, -0.1) is 22.7 Å². The monoisotopic (exact) mass is 455 g/mol. The van der Waals surface area contributed by atoms with Crippen LogP contribution in [0.1, 0.15) is 20.8 Å². The van der Waals surface area contributed by atoms with Gasteiger partial charge in [0.05, 0.1) is 4.70 Å². The van der Waals surface area contributed by atoms with Gasteiger partial charge in [0, 0.05) is 32.2 Å². The number of benzene rings is 2. The van der Waals surface area contributed by atoms with E-state index in [2.05, 4.69) is 0 Å². The van der Waals surface area contributed by atoms with Gasteiger partial charge in [0.1, 0.15) is 27.5 Å². The molecule has 1 aliphatic rings. The van der Waals surface area contributed by atoms with Crippen molar-refractivity contribution in [2.24, 2.45) is 0 Å². The van der Waals surface area contributed by atoms with E-state index in [1.165, 1.54) is 11.3 Å². The van der Waals surface area contributed by atoms with Crippen LogP contribution in [0.25, 0.3) is 31.8 Å². The van der Waals surface area contributed by atoms with Gasteiger partial charge in [0.2, 0.25) is 0 Å². The smallest absolute Gasteiger partial charge is 0.194 e. The Hall–Kier alpha value is -3.55. The highest BCUT2D eigenvalue weighted by molar-refractivity contribution is 7.29. The quantitative estimate of drug-likeness (QED) is 0.247. The molecule has 0 N–H and O–H groups in total. The van der Waals surface area contributed by atoms with Crippen LogP contribution < -0.4 is 0 Å². The van der Waals surface area contributed by atoms with Gasteiger partial charge < -0.3 is 0 Å². The second-order valence-electron chi connectivity index (χ2n) is 6.75. The van der Waals surface area contributed by atoms with E-state index in [1.807, 2.05) is 42.5 Å². The summed E-state index contributed by atoms with van der Waals surface area (Å²) in [5, 5.41) is 20.5. The van der Waals surface area contributed by atoms with E-state index in [0.29, 0.717) is 27.3 Å². The molecule has 0 atom stereocenters. The maximum atomic E-state index is 13.0. The van der Waals surface area contributed by atoms with E-state index in [4.69, 9.17) is 16.6 Å². The first-order chi connectivity index (χ1) is 15.1. The van der Waals surface area contributed by atoms with Gasteiger partial charge in [0.15, 0.2) is 5.78 Å². The normalized spacial score (nSPS) is 14.0. The highest BCUT2D eigenvalue weighted by Crippen LogP contribution is 2.42. The van der Waals surface area contributed by atoms with Gasteiger partial charge in [-0.3, -0.25) is 4.79 Å². The number of nitrogens with zero attached hydrogens (tertiary/aromatic N) is 3. The standard InChI is InChI=1S/C24H10ClN3OS2/c25-15-7-5-13(6-8-15)23-28-24-20(31-23)10-16(30-24)9-19-21(14(11-26)12-27)17-3-1-2-4-18(17)22(19)29/h1-10H/b19-9-. The van der Waals surface area contributed by atoms with Gasteiger partial charge in [-0.25, -0.2) is 4.98 Å². The lowest BCUT2D eigenvalue weighted by Gasteiger charge is -2.01. The summed E-state index contributed by atoms with van der Waals surface area (Å²) in [5.41, 5.74) is 2.83. The van der Waals surface area contributed by atoms with Crippen LogP contribution in [0.3, 0.4) is 0 Å². The summed E-state index contributed by atoms with van der Waals surface area (Å²) in [6, 6.07) is 20.4. The summed E-state index contributed by atoms with van der Waals surface area (Å²) >= 11 is 9.00. The maximum absolute atomic E-state index is 13.0. The minimum Gasteiger partial charge on any atom is -0.289 e. The van der Waals surface area contributed by atoms with Crippen LogP contribution in [0.4, 0.5) is 0 Å². The second-order valence-corrected chi connectivity index (χ2v) is 9.28. The fraction of sp³-hybridized carbons (Fsp3) is 0. The first-order valence-electron chi connectivity index (χ1n) is 9.16. The molecule has 1 aliphatic carbocycles. The van der Waals surface area contributed by atoms with Crippen molar-refractivity contribution in [1.29, 1.82) is 10.5 Å². The molecule has 2 aromatic heterocycles. The number of carbonyl (C=O) groups excluding carboxylic acids is 1. The molecule has 4 nitrogen and oxygen atoms in total. The number of halogens is 1. The highest BCUT2D eigenvalue weighted by atomic mass is 35.5. The Bertz CT molecular complexity index is 1480. The molecule has 4 aromatic rings. The molecule has 146 valence electrons. The van der Waals surface area contributed by atoms with Gasteiger partial charge in [-0.05, 0) is 29.8 Å².